The Balaban J connectivity index is 2.02. The van der Waals surface area contributed by atoms with E-state index in [0.717, 1.165) is 18.7 Å². The van der Waals surface area contributed by atoms with Crippen LogP contribution in [0.5, 0.6) is 0 Å². The van der Waals surface area contributed by atoms with Crippen LogP contribution in [-0.2, 0) is 14.8 Å². The van der Waals surface area contributed by atoms with Gasteiger partial charge in [0.1, 0.15) is 10.7 Å². The highest BCUT2D eigenvalue weighted by atomic mass is 32.2. The summed E-state index contributed by atoms with van der Waals surface area (Å²) in [6.07, 6.45) is 3.12. The van der Waals surface area contributed by atoms with Gasteiger partial charge in [0, 0.05) is 45.3 Å². The summed E-state index contributed by atoms with van der Waals surface area (Å²) in [7, 11) is -3.53. The van der Waals surface area contributed by atoms with Crippen LogP contribution in [0, 0.1) is 0 Å². The predicted octanol–water partition coefficient (Wildman–Crippen LogP) is 1.22. The molecule has 0 aromatic carbocycles. The number of sulfonamides is 1. The van der Waals surface area contributed by atoms with E-state index in [1.165, 1.54) is 6.20 Å². The normalized spacial score (nSPS) is 17.0. The van der Waals surface area contributed by atoms with E-state index in [1.54, 1.807) is 24.0 Å². The summed E-state index contributed by atoms with van der Waals surface area (Å²) in [5.74, 6) is 0.815. The van der Waals surface area contributed by atoms with E-state index >= 15 is 0 Å². The van der Waals surface area contributed by atoms with Crippen molar-refractivity contribution in [1.29, 1.82) is 0 Å². The van der Waals surface area contributed by atoms with Crippen LogP contribution >= 0.6 is 0 Å². The van der Waals surface area contributed by atoms with E-state index in [-0.39, 0.29) is 16.8 Å². The van der Waals surface area contributed by atoms with Gasteiger partial charge in [0.25, 0.3) is 0 Å². The van der Waals surface area contributed by atoms with Crippen molar-refractivity contribution in [3.05, 3.63) is 18.3 Å². The molecule has 7 nitrogen and oxygen atoms in total. The fraction of sp³-hybridized carbons (Fsp3) is 0.625. The summed E-state index contributed by atoms with van der Waals surface area (Å²) in [4.78, 5) is 19.7. The number of piperazine rings is 1. The first-order valence-electron chi connectivity index (χ1n) is 8.32. The third-order valence-corrected chi connectivity index (χ3v) is 5.73. The highest BCUT2D eigenvalue weighted by Gasteiger charge is 2.21. The molecule has 1 N–H and O–H groups in total. The van der Waals surface area contributed by atoms with Gasteiger partial charge in [-0.25, -0.2) is 18.1 Å². The number of amides is 1. The molecule has 1 fully saturated rings. The van der Waals surface area contributed by atoms with E-state index in [1.807, 2.05) is 13.8 Å². The maximum Gasteiger partial charge on any atom is 0.242 e. The van der Waals surface area contributed by atoms with Crippen molar-refractivity contribution in [1.82, 2.24) is 14.6 Å². The molecule has 1 aromatic heterocycles. The topological polar surface area (TPSA) is 82.6 Å². The lowest BCUT2D eigenvalue weighted by atomic mass is 10.2. The number of anilines is 1. The van der Waals surface area contributed by atoms with Crippen LogP contribution in [0.2, 0.25) is 0 Å². The van der Waals surface area contributed by atoms with Crippen molar-refractivity contribution in [3.8, 4) is 0 Å². The summed E-state index contributed by atoms with van der Waals surface area (Å²) in [5, 5.41) is 0. The van der Waals surface area contributed by atoms with Crippen molar-refractivity contribution in [2.75, 3.05) is 31.1 Å². The molecule has 1 aromatic rings. The third-order valence-electron chi connectivity index (χ3n) is 4.16. The first-order valence-corrected chi connectivity index (χ1v) is 9.80. The Morgan fingerprint density at radius 2 is 1.96 bits per heavy atom. The third kappa shape index (κ3) is 4.67. The van der Waals surface area contributed by atoms with Gasteiger partial charge in [0.15, 0.2) is 0 Å². The molecule has 1 aliphatic heterocycles. The first-order chi connectivity index (χ1) is 11.3. The predicted molar refractivity (Wildman–Crippen MR) is 93.4 cm³/mol. The van der Waals surface area contributed by atoms with Crippen LogP contribution in [0.15, 0.2) is 23.2 Å². The van der Waals surface area contributed by atoms with Gasteiger partial charge in [-0.3, -0.25) is 4.79 Å². The second-order valence-electron chi connectivity index (χ2n) is 6.16. The molecule has 0 aliphatic carbocycles. The molecular formula is C16H26N4O3S. The van der Waals surface area contributed by atoms with E-state index < -0.39 is 10.0 Å². The lowest BCUT2D eigenvalue weighted by Gasteiger charge is -2.34. The Labute approximate surface area is 144 Å². The van der Waals surface area contributed by atoms with E-state index in [0.29, 0.717) is 26.2 Å². The number of carbonyl (C=O) groups is 1. The molecule has 0 bridgehead atoms. The smallest absolute Gasteiger partial charge is 0.242 e. The molecule has 134 valence electrons. The second-order valence-corrected chi connectivity index (χ2v) is 7.87. The van der Waals surface area contributed by atoms with E-state index in [9.17, 15) is 13.2 Å². The minimum absolute atomic E-state index is 0.0799. The Morgan fingerprint density at radius 1 is 1.29 bits per heavy atom. The van der Waals surface area contributed by atoms with Crippen LogP contribution in [-0.4, -0.2) is 56.4 Å². The van der Waals surface area contributed by atoms with Gasteiger partial charge in [-0.1, -0.05) is 13.3 Å². The molecule has 1 amide bonds. The number of nitrogens with one attached hydrogen (secondary N) is 1. The zero-order chi connectivity index (χ0) is 17.7. The number of aromatic nitrogens is 1. The summed E-state index contributed by atoms with van der Waals surface area (Å²) in [6.45, 7) is 8.17. The van der Waals surface area contributed by atoms with Gasteiger partial charge in [-0.05, 0) is 25.5 Å². The van der Waals surface area contributed by atoms with Crippen molar-refractivity contribution >= 4 is 21.7 Å². The zero-order valence-electron chi connectivity index (χ0n) is 14.5. The lowest BCUT2D eigenvalue weighted by Crippen LogP contribution is -2.48. The first kappa shape index (κ1) is 18.7. The molecule has 1 saturated heterocycles. The Bertz CT molecular complexity index is 652. The van der Waals surface area contributed by atoms with Crippen LogP contribution < -0.4 is 9.62 Å². The fourth-order valence-corrected chi connectivity index (χ4v) is 4.02. The molecule has 2 heterocycles. The number of rotatable bonds is 6. The Hall–Kier alpha value is -1.67. The molecule has 1 aliphatic rings. The lowest BCUT2D eigenvalue weighted by molar-refractivity contribution is -0.129. The number of pyridine rings is 1. The molecule has 1 atom stereocenters. The fourth-order valence-electron chi connectivity index (χ4n) is 2.79. The molecule has 0 saturated carbocycles. The molecule has 0 spiro atoms. The SMILES string of the molecule is CCCC(C)NS(=O)(=O)c1ccc(N2CCN(C(C)=O)CC2)nc1. The number of nitrogens with zero attached hydrogens (tertiary/aromatic N) is 3. The largest absolute Gasteiger partial charge is 0.353 e. The number of carbonyl (C=O) groups excluding carboxylic acids is 1. The van der Waals surface area contributed by atoms with Crippen molar-refractivity contribution in [2.24, 2.45) is 0 Å². The molecule has 24 heavy (non-hydrogen) atoms. The molecule has 1 unspecified atom stereocenters. The number of hydrogen-bond acceptors (Lipinski definition) is 5. The molecule has 2 rings (SSSR count). The summed E-state index contributed by atoms with van der Waals surface area (Å²) >= 11 is 0. The monoisotopic (exact) mass is 354 g/mol. The minimum Gasteiger partial charge on any atom is -0.353 e. The summed E-state index contributed by atoms with van der Waals surface area (Å²) in [6, 6.07) is 3.21. The summed E-state index contributed by atoms with van der Waals surface area (Å²) in [5.41, 5.74) is 0. The van der Waals surface area contributed by atoms with Gasteiger partial charge >= 0.3 is 0 Å². The van der Waals surface area contributed by atoms with Gasteiger partial charge in [0.2, 0.25) is 15.9 Å². The van der Waals surface area contributed by atoms with E-state index in [2.05, 4.69) is 14.6 Å². The average Bonchev–Trinajstić information content (AvgIpc) is 2.55. The molecular weight excluding hydrogens is 328 g/mol. The number of hydrogen-bond donors (Lipinski definition) is 1. The van der Waals surface area contributed by atoms with Crippen LogP contribution in [0.4, 0.5) is 5.82 Å². The standard InChI is InChI=1S/C16H26N4O3S/c1-4-5-13(2)18-24(22,23)15-6-7-16(17-12-15)20-10-8-19(9-11-20)14(3)21/h6-7,12-13,18H,4-5,8-11H2,1-3H3. The van der Waals surface area contributed by atoms with Gasteiger partial charge in [-0.15, -0.1) is 0 Å². The van der Waals surface area contributed by atoms with Crippen molar-refractivity contribution in [2.45, 2.75) is 44.6 Å². The van der Waals surface area contributed by atoms with Gasteiger partial charge in [-0.2, -0.15) is 0 Å². The Morgan fingerprint density at radius 3 is 2.46 bits per heavy atom. The van der Waals surface area contributed by atoms with Gasteiger partial charge in [0.05, 0.1) is 0 Å². The van der Waals surface area contributed by atoms with Gasteiger partial charge < -0.3 is 9.80 Å². The van der Waals surface area contributed by atoms with Crippen molar-refractivity contribution < 1.29 is 13.2 Å². The summed E-state index contributed by atoms with van der Waals surface area (Å²) < 4.78 is 27.3. The van der Waals surface area contributed by atoms with Crippen LogP contribution in [0.25, 0.3) is 0 Å². The maximum absolute atomic E-state index is 12.3. The zero-order valence-corrected chi connectivity index (χ0v) is 15.3. The van der Waals surface area contributed by atoms with E-state index in [4.69, 9.17) is 0 Å². The molecule has 8 heteroatoms. The quantitative estimate of drug-likeness (QED) is 0.830. The highest BCUT2D eigenvalue weighted by molar-refractivity contribution is 7.89. The van der Waals surface area contributed by atoms with Crippen LogP contribution in [0.1, 0.15) is 33.6 Å². The van der Waals surface area contributed by atoms with Crippen LogP contribution in [0.3, 0.4) is 0 Å². The maximum atomic E-state index is 12.3. The van der Waals surface area contributed by atoms with Crippen molar-refractivity contribution in [3.63, 3.8) is 0 Å². The minimum atomic E-state index is -3.53. The Kier molecular flexibility index (Phi) is 6.17. The highest BCUT2D eigenvalue weighted by Crippen LogP contribution is 2.17. The average molecular weight is 354 g/mol. The second kappa shape index (κ2) is 7.94. The molecule has 0 radical (unpaired) electrons.